The first kappa shape index (κ1) is 16.9. The van der Waals surface area contributed by atoms with E-state index in [-0.39, 0.29) is 11.3 Å². The maximum Gasteiger partial charge on any atom is 0.343 e. The molecular weight excluding hydrogens is 298 g/mol. The molecule has 4 heteroatoms. The highest BCUT2D eigenvalue weighted by atomic mass is 19.1. The second kappa shape index (κ2) is 7.68. The number of hydrogen-bond acceptors (Lipinski definition) is 2. The Balaban J connectivity index is 2.16. The van der Waals surface area contributed by atoms with Gasteiger partial charge in [-0.3, -0.25) is 0 Å². The smallest absolute Gasteiger partial charge is 0.343 e. The van der Waals surface area contributed by atoms with E-state index >= 15 is 0 Å². The van der Waals surface area contributed by atoms with E-state index in [1.807, 2.05) is 12.1 Å². The van der Waals surface area contributed by atoms with Crippen LogP contribution in [-0.4, -0.2) is 5.97 Å². The fourth-order valence-corrected chi connectivity index (χ4v) is 2.21. The minimum absolute atomic E-state index is 0.156. The third-order valence-electron chi connectivity index (χ3n) is 3.32. The zero-order valence-corrected chi connectivity index (χ0v) is 13.1. The quantitative estimate of drug-likeness (QED) is 0.562. The first-order chi connectivity index (χ1) is 11.0. The highest BCUT2D eigenvalue weighted by molar-refractivity contribution is 5.91. The lowest BCUT2D eigenvalue weighted by Crippen LogP contribution is -2.09. The van der Waals surface area contributed by atoms with Gasteiger partial charge in [0.2, 0.25) is 0 Å². The van der Waals surface area contributed by atoms with Crippen LogP contribution in [0.5, 0.6) is 5.75 Å². The fraction of sp³-hybridized carbons (Fsp3) is 0.211. The number of carbonyl (C=O) groups is 1. The van der Waals surface area contributed by atoms with Crippen LogP contribution in [0.15, 0.2) is 42.5 Å². The molecule has 0 unspecified atom stereocenters. The van der Waals surface area contributed by atoms with Crippen molar-refractivity contribution in [3.05, 3.63) is 70.8 Å². The van der Waals surface area contributed by atoms with Crippen LogP contribution in [0.1, 0.15) is 41.8 Å². The van der Waals surface area contributed by atoms with Crippen LogP contribution in [0.4, 0.5) is 8.78 Å². The molecule has 0 radical (unpaired) electrons. The molecule has 0 amide bonds. The summed E-state index contributed by atoms with van der Waals surface area (Å²) in [6.07, 6.45) is 4.80. The Morgan fingerprint density at radius 1 is 1.13 bits per heavy atom. The average molecular weight is 316 g/mol. The first-order valence-corrected chi connectivity index (χ1v) is 7.48. The molecule has 0 fully saturated rings. The molecule has 0 N–H and O–H groups in total. The second-order valence-corrected chi connectivity index (χ2v) is 5.14. The number of allylic oxidation sites excluding steroid dienone is 1. The monoisotopic (exact) mass is 316 g/mol. The summed E-state index contributed by atoms with van der Waals surface area (Å²) in [4.78, 5) is 12.0. The minimum Gasteiger partial charge on any atom is -0.423 e. The molecule has 2 aromatic carbocycles. The van der Waals surface area contributed by atoms with Gasteiger partial charge in [-0.25, -0.2) is 13.6 Å². The first-order valence-electron chi connectivity index (χ1n) is 7.48. The molecule has 23 heavy (non-hydrogen) atoms. The summed E-state index contributed by atoms with van der Waals surface area (Å²) in [6, 6.07) is 8.98. The molecule has 0 aliphatic rings. The van der Waals surface area contributed by atoms with Crippen molar-refractivity contribution in [3.63, 3.8) is 0 Å². The van der Waals surface area contributed by atoms with Gasteiger partial charge in [0, 0.05) is 17.7 Å². The summed E-state index contributed by atoms with van der Waals surface area (Å²) in [7, 11) is 0. The number of benzene rings is 2. The standard InChI is InChI=1S/C19H18F2O2/c1-3-5-13-7-9-14(10-8-13)19(22)23-15-11-17(20)16(6-4-2)18(21)12-15/h4,6-12H,3,5H2,1-2H3/b6-4+. The van der Waals surface area contributed by atoms with Crippen molar-refractivity contribution in [2.45, 2.75) is 26.7 Å². The van der Waals surface area contributed by atoms with E-state index in [0.29, 0.717) is 5.56 Å². The van der Waals surface area contributed by atoms with Gasteiger partial charge in [0.25, 0.3) is 0 Å². The van der Waals surface area contributed by atoms with Gasteiger partial charge in [0.15, 0.2) is 0 Å². The van der Waals surface area contributed by atoms with Gasteiger partial charge in [-0.2, -0.15) is 0 Å². The Hall–Kier alpha value is -2.49. The van der Waals surface area contributed by atoms with Crippen LogP contribution in [0.3, 0.4) is 0 Å². The molecule has 0 saturated carbocycles. The molecule has 0 saturated heterocycles. The van der Waals surface area contributed by atoms with E-state index < -0.39 is 17.6 Å². The van der Waals surface area contributed by atoms with E-state index in [0.717, 1.165) is 30.5 Å². The third kappa shape index (κ3) is 4.25. The molecule has 0 atom stereocenters. The Bertz CT molecular complexity index is 696. The predicted molar refractivity (Wildman–Crippen MR) is 86.5 cm³/mol. The van der Waals surface area contributed by atoms with Crippen LogP contribution >= 0.6 is 0 Å². The van der Waals surface area contributed by atoms with E-state index in [9.17, 15) is 13.6 Å². The molecule has 2 nitrogen and oxygen atoms in total. The van der Waals surface area contributed by atoms with Gasteiger partial charge in [0.05, 0.1) is 5.56 Å². The van der Waals surface area contributed by atoms with Gasteiger partial charge in [-0.15, -0.1) is 0 Å². The van der Waals surface area contributed by atoms with Crippen molar-refractivity contribution in [2.24, 2.45) is 0 Å². The molecule has 0 spiro atoms. The number of esters is 1. The van der Waals surface area contributed by atoms with Crippen LogP contribution in [0.25, 0.3) is 6.08 Å². The van der Waals surface area contributed by atoms with Crippen molar-refractivity contribution in [2.75, 3.05) is 0 Å². The van der Waals surface area contributed by atoms with E-state index in [2.05, 4.69) is 6.92 Å². The molecule has 2 rings (SSSR count). The summed E-state index contributed by atoms with van der Waals surface area (Å²) < 4.78 is 32.7. The van der Waals surface area contributed by atoms with E-state index in [1.165, 1.54) is 12.2 Å². The minimum atomic E-state index is -0.774. The van der Waals surface area contributed by atoms with Crippen LogP contribution in [-0.2, 0) is 6.42 Å². The molecular formula is C19H18F2O2. The average Bonchev–Trinajstić information content (AvgIpc) is 2.52. The van der Waals surface area contributed by atoms with Crippen molar-refractivity contribution in [1.29, 1.82) is 0 Å². The summed E-state index contributed by atoms with van der Waals surface area (Å²) in [5.41, 5.74) is 1.30. The predicted octanol–water partition coefficient (Wildman–Crippen LogP) is 5.17. The number of rotatable bonds is 5. The zero-order valence-electron chi connectivity index (χ0n) is 13.1. The second-order valence-electron chi connectivity index (χ2n) is 5.14. The Morgan fingerprint density at radius 3 is 2.26 bits per heavy atom. The van der Waals surface area contributed by atoms with Gasteiger partial charge >= 0.3 is 5.97 Å². The van der Waals surface area contributed by atoms with Crippen molar-refractivity contribution in [3.8, 4) is 5.75 Å². The molecule has 2 aromatic rings. The van der Waals surface area contributed by atoms with Crippen LogP contribution < -0.4 is 4.74 Å². The molecule has 120 valence electrons. The van der Waals surface area contributed by atoms with Gasteiger partial charge in [-0.1, -0.05) is 37.6 Å². The molecule has 0 bridgehead atoms. The summed E-state index contributed by atoms with van der Waals surface area (Å²) >= 11 is 0. The van der Waals surface area contributed by atoms with Crippen LogP contribution in [0, 0.1) is 11.6 Å². The van der Waals surface area contributed by atoms with Gasteiger partial charge in [0.1, 0.15) is 17.4 Å². The van der Waals surface area contributed by atoms with Crippen molar-refractivity contribution in [1.82, 2.24) is 0 Å². The Morgan fingerprint density at radius 2 is 1.74 bits per heavy atom. The molecule has 0 heterocycles. The zero-order chi connectivity index (χ0) is 16.8. The summed E-state index contributed by atoms with van der Waals surface area (Å²) in [5.74, 6) is -2.35. The lowest BCUT2D eigenvalue weighted by atomic mass is 10.1. The maximum absolute atomic E-state index is 13.8. The molecule has 0 aliphatic heterocycles. The summed E-state index contributed by atoms with van der Waals surface area (Å²) in [5, 5.41) is 0. The SMILES string of the molecule is C/C=C/c1c(F)cc(OC(=O)c2ccc(CCC)cc2)cc1F. The van der Waals surface area contributed by atoms with E-state index in [4.69, 9.17) is 4.74 Å². The highest BCUT2D eigenvalue weighted by Crippen LogP contribution is 2.23. The van der Waals surface area contributed by atoms with Crippen LogP contribution in [0.2, 0.25) is 0 Å². The molecule has 0 aliphatic carbocycles. The number of halogens is 2. The number of carbonyl (C=O) groups excluding carboxylic acids is 1. The van der Waals surface area contributed by atoms with Crippen molar-refractivity contribution < 1.29 is 18.3 Å². The highest BCUT2D eigenvalue weighted by Gasteiger charge is 2.13. The van der Waals surface area contributed by atoms with E-state index in [1.54, 1.807) is 19.1 Å². The fourth-order valence-electron chi connectivity index (χ4n) is 2.21. The lowest BCUT2D eigenvalue weighted by molar-refractivity contribution is 0.0734. The third-order valence-corrected chi connectivity index (χ3v) is 3.32. The maximum atomic E-state index is 13.8. The lowest BCUT2D eigenvalue weighted by Gasteiger charge is -2.07. The normalized spacial score (nSPS) is 11.0. The topological polar surface area (TPSA) is 26.3 Å². The number of ether oxygens (including phenoxy) is 1. The largest absolute Gasteiger partial charge is 0.423 e. The van der Waals surface area contributed by atoms with Gasteiger partial charge in [-0.05, 0) is 31.0 Å². The Kier molecular flexibility index (Phi) is 5.63. The van der Waals surface area contributed by atoms with Gasteiger partial charge < -0.3 is 4.74 Å². The Labute approximate surface area is 134 Å². The molecule has 0 aromatic heterocycles. The number of aryl methyl sites for hydroxylation is 1. The van der Waals surface area contributed by atoms with Crippen molar-refractivity contribution >= 4 is 12.0 Å². The number of hydrogen-bond donors (Lipinski definition) is 0. The summed E-state index contributed by atoms with van der Waals surface area (Å²) in [6.45, 7) is 3.73.